The molecule has 0 unspecified atom stereocenters. The summed E-state index contributed by atoms with van der Waals surface area (Å²) in [6, 6.07) is 4.36. The lowest BCUT2D eigenvalue weighted by Crippen LogP contribution is -2.33. The molecule has 0 heterocycles. The molecule has 0 radical (unpaired) electrons. The van der Waals surface area contributed by atoms with Gasteiger partial charge in [0, 0.05) is 23.4 Å². The van der Waals surface area contributed by atoms with Gasteiger partial charge >= 0.3 is 0 Å². The summed E-state index contributed by atoms with van der Waals surface area (Å²) >= 11 is 3.17. The van der Waals surface area contributed by atoms with Crippen LogP contribution in [0, 0.1) is 5.82 Å². The molecule has 1 aliphatic rings. The second-order valence-electron chi connectivity index (χ2n) is 3.29. The van der Waals surface area contributed by atoms with Gasteiger partial charge in [0.15, 0.2) is 0 Å². The van der Waals surface area contributed by atoms with Crippen LogP contribution in [0.1, 0.15) is 12.8 Å². The molecular weight excluding hydrogens is 251 g/mol. The van der Waals surface area contributed by atoms with Crippen molar-refractivity contribution < 1.29 is 13.9 Å². The molecule has 1 aliphatic carbocycles. The molecule has 1 saturated carbocycles. The summed E-state index contributed by atoms with van der Waals surface area (Å²) < 4.78 is 18.9. The summed E-state index contributed by atoms with van der Waals surface area (Å²) in [4.78, 5) is 10.7. The molecule has 0 aromatic heterocycles. The third-order valence-corrected chi connectivity index (χ3v) is 2.51. The van der Waals surface area contributed by atoms with Gasteiger partial charge in [0.05, 0.1) is 0 Å². The number of carbonyl (C=O) groups excluding carboxylic acids is 1. The van der Waals surface area contributed by atoms with E-state index < -0.39 is 0 Å². The van der Waals surface area contributed by atoms with Crippen LogP contribution in [-0.2, 0) is 4.79 Å². The first-order chi connectivity index (χ1) is 6.63. The number of hydrogen-bond donors (Lipinski definition) is 0. The molecule has 0 aliphatic heterocycles. The Labute approximate surface area is 89.2 Å². The quantitative estimate of drug-likeness (QED) is 0.816. The molecule has 1 aromatic carbocycles. The van der Waals surface area contributed by atoms with Gasteiger partial charge in [0.1, 0.15) is 23.5 Å². The number of ketones is 1. The van der Waals surface area contributed by atoms with E-state index >= 15 is 0 Å². The lowest BCUT2D eigenvalue weighted by molar-refractivity contribution is -0.129. The summed E-state index contributed by atoms with van der Waals surface area (Å²) in [6.07, 6.45) is 0.804. The van der Waals surface area contributed by atoms with Gasteiger partial charge in [-0.05, 0) is 12.1 Å². The fourth-order valence-electron chi connectivity index (χ4n) is 1.32. The maximum atomic E-state index is 12.9. The Hall–Kier alpha value is -0.900. The highest BCUT2D eigenvalue weighted by Gasteiger charge is 2.28. The van der Waals surface area contributed by atoms with Crippen LogP contribution in [-0.4, -0.2) is 11.9 Å². The van der Waals surface area contributed by atoms with E-state index in [2.05, 4.69) is 15.9 Å². The SMILES string of the molecule is O=C1CC(Oc2cc(F)cc(Br)c2)C1. The molecule has 0 bridgehead atoms. The second kappa shape index (κ2) is 3.69. The molecule has 74 valence electrons. The highest BCUT2D eigenvalue weighted by atomic mass is 79.9. The number of carbonyl (C=O) groups is 1. The Bertz CT molecular complexity index is 350. The molecule has 0 N–H and O–H groups in total. The van der Waals surface area contributed by atoms with E-state index in [1.807, 2.05) is 0 Å². The van der Waals surface area contributed by atoms with Crippen molar-refractivity contribution in [3.8, 4) is 5.75 Å². The molecule has 1 fully saturated rings. The average molecular weight is 259 g/mol. The van der Waals surface area contributed by atoms with Crippen molar-refractivity contribution in [1.82, 2.24) is 0 Å². The Kier molecular flexibility index (Phi) is 2.54. The number of halogens is 2. The van der Waals surface area contributed by atoms with Crippen LogP contribution in [0.15, 0.2) is 22.7 Å². The highest BCUT2D eigenvalue weighted by molar-refractivity contribution is 9.10. The predicted octanol–water partition coefficient (Wildman–Crippen LogP) is 2.70. The molecule has 0 amide bonds. The number of benzene rings is 1. The van der Waals surface area contributed by atoms with Crippen LogP contribution in [0.2, 0.25) is 0 Å². The zero-order chi connectivity index (χ0) is 10.1. The van der Waals surface area contributed by atoms with Crippen molar-refractivity contribution in [2.24, 2.45) is 0 Å². The van der Waals surface area contributed by atoms with E-state index in [1.54, 1.807) is 6.07 Å². The molecular formula is C10H8BrFO2. The van der Waals surface area contributed by atoms with Crippen LogP contribution in [0.3, 0.4) is 0 Å². The predicted molar refractivity (Wildman–Crippen MR) is 52.8 cm³/mol. The van der Waals surface area contributed by atoms with E-state index in [-0.39, 0.29) is 17.7 Å². The second-order valence-corrected chi connectivity index (χ2v) is 4.21. The summed E-state index contributed by atoms with van der Waals surface area (Å²) in [5.41, 5.74) is 0. The van der Waals surface area contributed by atoms with Crippen molar-refractivity contribution in [2.45, 2.75) is 18.9 Å². The minimum Gasteiger partial charge on any atom is -0.489 e. The first-order valence-corrected chi connectivity index (χ1v) is 5.07. The zero-order valence-corrected chi connectivity index (χ0v) is 8.88. The van der Waals surface area contributed by atoms with Gasteiger partial charge in [-0.3, -0.25) is 4.79 Å². The van der Waals surface area contributed by atoms with Gasteiger partial charge < -0.3 is 4.74 Å². The molecule has 14 heavy (non-hydrogen) atoms. The summed E-state index contributed by atoms with van der Waals surface area (Å²) in [5.74, 6) is 0.319. The number of hydrogen-bond acceptors (Lipinski definition) is 2. The fourth-order valence-corrected chi connectivity index (χ4v) is 1.76. The normalized spacial score (nSPS) is 16.6. The van der Waals surface area contributed by atoms with Gasteiger partial charge in [-0.25, -0.2) is 4.39 Å². The smallest absolute Gasteiger partial charge is 0.140 e. The van der Waals surface area contributed by atoms with Crippen LogP contribution in [0.4, 0.5) is 4.39 Å². The minimum atomic E-state index is -0.347. The topological polar surface area (TPSA) is 26.3 Å². The first-order valence-electron chi connectivity index (χ1n) is 4.28. The fraction of sp³-hybridized carbons (Fsp3) is 0.300. The summed E-state index contributed by atoms with van der Waals surface area (Å²) in [6.45, 7) is 0. The maximum absolute atomic E-state index is 12.9. The van der Waals surface area contributed by atoms with Crippen LogP contribution in [0.5, 0.6) is 5.75 Å². The van der Waals surface area contributed by atoms with Gasteiger partial charge in [-0.1, -0.05) is 15.9 Å². The van der Waals surface area contributed by atoms with Crippen molar-refractivity contribution in [3.63, 3.8) is 0 Å². The molecule has 0 spiro atoms. The largest absolute Gasteiger partial charge is 0.489 e. The molecule has 0 saturated heterocycles. The minimum absolute atomic E-state index is 0.0730. The molecule has 2 nitrogen and oxygen atoms in total. The van der Waals surface area contributed by atoms with E-state index in [4.69, 9.17) is 4.74 Å². The van der Waals surface area contributed by atoms with Crippen LogP contribution >= 0.6 is 15.9 Å². The van der Waals surface area contributed by atoms with Crippen LogP contribution in [0.25, 0.3) is 0 Å². The number of ether oxygens (including phenoxy) is 1. The van der Waals surface area contributed by atoms with Gasteiger partial charge in [0.25, 0.3) is 0 Å². The van der Waals surface area contributed by atoms with Crippen molar-refractivity contribution in [2.75, 3.05) is 0 Å². The Morgan fingerprint density at radius 3 is 2.64 bits per heavy atom. The Morgan fingerprint density at radius 1 is 1.36 bits per heavy atom. The van der Waals surface area contributed by atoms with E-state index in [9.17, 15) is 9.18 Å². The number of rotatable bonds is 2. The molecule has 0 atom stereocenters. The standard InChI is InChI=1S/C10H8BrFO2/c11-6-1-7(12)3-9(2-6)14-10-4-8(13)5-10/h1-3,10H,4-5H2. The van der Waals surface area contributed by atoms with E-state index in [0.29, 0.717) is 23.1 Å². The molecule has 2 rings (SSSR count). The Morgan fingerprint density at radius 2 is 2.07 bits per heavy atom. The zero-order valence-electron chi connectivity index (χ0n) is 7.30. The molecule has 4 heteroatoms. The average Bonchev–Trinajstić information content (AvgIpc) is 1.99. The van der Waals surface area contributed by atoms with Crippen molar-refractivity contribution in [3.05, 3.63) is 28.5 Å². The van der Waals surface area contributed by atoms with Crippen LogP contribution < -0.4 is 4.74 Å². The highest BCUT2D eigenvalue weighted by Crippen LogP contribution is 2.26. The monoisotopic (exact) mass is 258 g/mol. The molecule has 1 aromatic rings. The van der Waals surface area contributed by atoms with Gasteiger partial charge in [-0.15, -0.1) is 0 Å². The van der Waals surface area contributed by atoms with Crippen molar-refractivity contribution >= 4 is 21.7 Å². The maximum Gasteiger partial charge on any atom is 0.140 e. The van der Waals surface area contributed by atoms with E-state index in [1.165, 1.54) is 12.1 Å². The van der Waals surface area contributed by atoms with Gasteiger partial charge in [0.2, 0.25) is 0 Å². The lowest BCUT2D eigenvalue weighted by atomic mass is 9.94. The third kappa shape index (κ3) is 2.12. The summed E-state index contributed by atoms with van der Waals surface area (Å²) in [5, 5.41) is 0. The third-order valence-electron chi connectivity index (χ3n) is 2.05. The first kappa shape index (κ1) is 9.65. The van der Waals surface area contributed by atoms with Gasteiger partial charge in [-0.2, -0.15) is 0 Å². The summed E-state index contributed by atoms with van der Waals surface area (Å²) in [7, 11) is 0. The van der Waals surface area contributed by atoms with E-state index in [0.717, 1.165) is 0 Å². The van der Waals surface area contributed by atoms with Crippen molar-refractivity contribution in [1.29, 1.82) is 0 Å². The lowest BCUT2D eigenvalue weighted by Gasteiger charge is -2.25. The Balaban J connectivity index is 2.05. The number of Topliss-reactive ketones (excluding diaryl/α,β-unsaturated/α-hetero) is 1.